The van der Waals surface area contributed by atoms with Gasteiger partial charge in [-0.25, -0.2) is 0 Å². The summed E-state index contributed by atoms with van der Waals surface area (Å²) in [6.45, 7) is 1.15. The molecule has 28 heavy (non-hydrogen) atoms. The van der Waals surface area contributed by atoms with E-state index in [1.807, 2.05) is 38.5 Å². The molecule has 6 heteroatoms. The van der Waals surface area contributed by atoms with E-state index in [-0.39, 0.29) is 17.7 Å². The van der Waals surface area contributed by atoms with Crippen LogP contribution in [0.15, 0.2) is 59.3 Å². The maximum atomic E-state index is 12.6. The molecule has 2 aliphatic rings. The first-order valence-corrected chi connectivity index (χ1v) is 9.51. The predicted molar refractivity (Wildman–Crippen MR) is 110 cm³/mol. The zero-order valence-electron chi connectivity index (χ0n) is 16.2. The Bertz CT molecular complexity index is 1030. The van der Waals surface area contributed by atoms with Crippen LogP contribution in [0.5, 0.6) is 0 Å². The molecule has 1 aromatic heterocycles. The van der Waals surface area contributed by atoms with E-state index in [1.54, 1.807) is 11.0 Å². The van der Waals surface area contributed by atoms with E-state index in [2.05, 4.69) is 33.1 Å². The second kappa shape index (κ2) is 7.46. The van der Waals surface area contributed by atoms with Crippen molar-refractivity contribution < 1.29 is 9.59 Å². The van der Waals surface area contributed by atoms with Gasteiger partial charge in [0.25, 0.3) is 0 Å². The summed E-state index contributed by atoms with van der Waals surface area (Å²) >= 11 is 0. The first-order valence-electron chi connectivity index (χ1n) is 9.51. The van der Waals surface area contributed by atoms with Crippen LogP contribution in [0.2, 0.25) is 0 Å². The first kappa shape index (κ1) is 18.2. The Hall–Kier alpha value is -3.15. The highest BCUT2D eigenvalue weighted by Crippen LogP contribution is 2.23. The molecule has 0 fully saturated rings. The summed E-state index contributed by atoms with van der Waals surface area (Å²) in [5.41, 5.74) is 3.37. The Balaban J connectivity index is 1.40. The number of likely N-dealkylation sites (N-methyl/N-ethyl adjacent to an activating group) is 1. The smallest absolute Gasteiger partial charge is 0.246 e. The van der Waals surface area contributed by atoms with Gasteiger partial charge in [-0.1, -0.05) is 24.3 Å². The maximum absolute atomic E-state index is 12.6. The van der Waals surface area contributed by atoms with Crippen LogP contribution in [0, 0.1) is 5.92 Å². The quantitative estimate of drug-likeness (QED) is 0.834. The van der Waals surface area contributed by atoms with Crippen LogP contribution in [-0.2, 0) is 23.2 Å². The third-order valence-corrected chi connectivity index (χ3v) is 5.37. The zero-order chi connectivity index (χ0) is 19.7. The van der Waals surface area contributed by atoms with Crippen molar-refractivity contribution in [3.05, 3.63) is 59.8 Å². The SMILES string of the molecule is CN(Cc1cccc2c1ccn2C)C(=O)/C=C/C1CN=C2NC(=O)CC=C2C1. The molecule has 2 aromatic rings. The molecular formula is C22H24N4O2. The van der Waals surface area contributed by atoms with Gasteiger partial charge in [-0.3, -0.25) is 14.6 Å². The van der Waals surface area contributed by atoms with E-state index in [0.717, 1.165) is 23.1 Å². The second-order valence-electron chi connectivity index (χ2n) is 7.47. The van der Waals surface area contributed by atoms with Gasteiger partial charge in [-0.15, -0.1) is 0 Å². The molecule has 2 amide bonds. The summed E-state index contributed by atoms with van der Waals surface area (Å²) in [5, 5.41) is 3.98. The van der Waals surface area contributed by atoms with Crippen molar-refractivity contribution in [3.63, 3.8) is 0 Å². The summed E-state index contributed by atoms with van der Waals surface area (Å²) in [6, 6.07) is 8.27. The van der Waals surface area contributed by atoms with E-state index < -0.39 is 0 Å². The van der Waals surface area contributed by atoms with Crippen molar-refractivity contribution in [1.29, 1.82) is 0 Å². The monoisotopic (exact) mass is 376 g/mol. The maximum Gasteiger partial charge on any atom is 0.246 e. The fraction of sp³-hybridized carbons (Fsp3) is 0.318. The fourth-order valence-corrected chi connectivity index (χ4v) is 3.76. The number of hydrogen-bond acceptors (Lipinski definition) is 3. The molecule has 144 valence electrons. The van der Waals surface area contributed by atoms with Gasteiger partial charge in [0.05, 0.1) is 0 Å². The Morgan fingerprint density at radius 1 is 1.39 bits per heavy atom. The summed E-state index contributed by atoms with van der Waals surface area (Å²) in [6.07, 6.45) is 8.77. The van der Waals surface area contributed by atoms with Crippen LogP contribution in [0.3, 0.4) is 0 Å². The molecule has 0 radical (unpaired) electrons. The number of aliphatic imine (C=N–C) groups is 1. The largest absolute Gasteiger partial charge is 0.351 e. The molecule has 2 aliphatic heterocycles. The molecule has 1 N–H and O–H groups in total. The van der Waals surface area contributed by atoms with E-state index in [1.165, 1.54) is 5.39 Å². The summed E-state index contributed by atoms with van der Waals surface area (Å²) in [7, 11) is 3.85. The topological polar surface area (TPSA) is 66.7 Å². The number of amides is 2. The minimum absolute atomic E-state index is 0.0123. The lowest BCUT2D eigenvalue weighted by atomic mass is 9.93. The first-order chi connectivity index (χ1) is 13.5. The van der Waals surface area contributed by atoms with Crippen molar-refractivity contribution in [2.24, 2.45) is 18.0 Å². The summed E-state index contributed by atoms with van der Waals surface area (Å²) in [5.74, 6) is 0.843. The van der Waals surface area contributed by atoms with Gasteiger partial charge in [0.15, 0.2) is 0 Å². The highest BCUT2D eigenvalue weighted by Gasteiger charge is 2.23. The van der Waals surface area contributed by atoms with Crippen molar-refractivity contribution in [2.45, 2.75) is 19.4 Å². The number of amidine groups is 1. The van der Waals surface area contributed by atoms with Crippen molar-refractivity contribution in [1.82, 2.24) is 14.8 Å². The average molecular weight is 376 g/mol. The van der Waals surface area contributed by atoms with Crippen LogP contribution >= 0.6 is 0 Å². The number of nitrogens with one attached hydrogen (secondary N) is 1. The van der Waals surface area contributed by atoms with Crippen molar-refractivity contribution >= 4 is 28.6 Å². The van der Waals surface area contributed by atoms with E-state index in [9.17, 15) is 9.59 Å². The lowest BCUT2D eigenvalue weighted by Gasteiger charge is -2.24. The minimum Gasteiger partial charge on any atom is -0.351 e. The number of carbonyl (C=O) groups is 2. The molecule has 0 saturated carbocycles. The molecule has 1 aromatic carbocycles. The van der Waals surface area contributed by atoms with Gasteiger partial charge in [0.1, 0.15) is 5.84 Å². The van der Waals surface area contributed by atoms with Crippen LogP contribution in [0.4, 0.5) is 0 Å². The molecule has 0 saturated heterocycles. The van der Waals surface area contributed by atoms with Gasteiger partial charge < -0.3 is 14.8 Å². The molecular weight excluding hydrogens is 352 g/mol. The van der Waals surface area contributed by atoms with Gasteiger partial charge in [-0.2, -0.15) is 0 Å². The molecule has 0 bridgehead atoms. The van der Waals surface area contributed by atoms with Gasteiger partial charge >= 0.3 is 0 Å². The predicted octanol–water partition coefficient (Wildman–Crippen LogP) is 2.56. The van der Waals surface area contributed by atoms with Gasteiger partial charge in [-0.05, 0) is 35.8 Å². The van der Waals surface area contributed by atoms with E-state index >= 15 is 0 Å². The number of rotatable bonds is 4. The molecule has 0 aliphatic carbocycles. The molecule has 1 unspecified atom stereocenters. The van der Waals surface area contributed by atoms with Crippen LogP contribution in [-0.4, -0.2) is 40.7 Å². The second-order valence-corrected chi connectivity index (χ2v) is 7.47. The molecule has 3 heterocycles. The highest BCUT2D eigenvalue weighted by molar-refractivity contribution is 6.11. The van der Waals surface area contributed by atoms with Crippen LogP contribution in [0.25, 0.3) is 10.9 Å². The highest BCUT2D eigenvalue weighted by atomic mass is 16.2. The number of aromatic nitrogens is 1. The van der Waals surface area contributed by atoms with Crippen molar-refractivity contribution in [2.75, 3.05) is 13.6 Å². The molecule has 0 spiro atoms. The van der Waals surface area contributed by atoms with E-state index in [0.29, 0.717) is 25.3 Å². The Labute approximate surface area is 164 Å². The molecule has 6 nitrogen and oxygen atoms in total. The van der Waals surface area contributed by atoms with Crippen LogP contribution < -0.4 is 5.32 Å². The Morgan fingerprint density at radius 2 is 2.25 bits per heavy atom. The van der Waals surface area contributed by atoms with Gasteiger partial charge in [0.2, 0.25) is 11.8 Å². The number of benzene rings is 1. The molecule has 4 rings (SSSR count). The average Bonchev–Trinajstić information content (AvgIpc) is 3.08. The lowest BCUT2D eigenvalue weighted by molar-refractivity contribution is -0.125. The third-order valence-electron chi connectivity index (χ3n) is 5.37. The standard InChI is InChI=1S/C22H24N4O2/c1-25-11-10-18-17(4-3-5-19(18)25)14-26(2)21(28)9-6-15-12-16-7-8-20(27)24-22(16)23-13-15/h3-7,9-11,15H,8,12-14H2,1-2H3,(H,23,24,27)/b9-6+. The Morgan fingerprint density at radius 3 is 3.11 bits per heavy atom. The number of nitrogens with zero attached hydrogens (tertiary/aromatic N) is 3. The van der Waals surface area contributed by atoms with E-state index in [4.69, 9.17) is 0 Å². The zero-order valence-corrected chi connectivity index (χ0v) is 16.2. The number of hydrogen-bond donors (Lipinski definition) is 1. The van der Waals surface area contributed by atoms with Crippen LogP contribution in [0.1, 0.15) is 18.4 Å². The normalized spacial score (nSPS) is 19.2. The number of aryl methyl sites for hydroxylation is 1. The number of carbonyl (C=O) groups excluding carboxylic acids is 2. The summed E-state index contributed by atoms with van der Waals surface area (Å²) < 4.78 is 2.08. The third kappa shape index (κ3) is 3.63. The minimum atomic E-state index is -0.0198. The summed E-state index contributed by atoms with van der Waals surface area (Å²) in [4.78, 5) is 30.2. The Kier molecular flexibility index (Phi) is 4.86. The molecule has 1 atom stereocenters. The van der Waals surface area contributed by atoms with Gasteiger partial charge in [0, 0.05) is 56.6 Å². The van der Waals surface area contributed by atoms with Crippen molar-refractivity contribution in [3.8, 4) is 0 Å². The number of fused-ring (bicyclic) bond motifs is 2. The lowest BCUT2D eigenvalue weighted by Crippen LogP contribution is -2.38. The fourth-order valence-electron chi connectivity index (χ4n) is 3.76.